The van der Waals surface area contributed by atoms with Crippen LogP contribution < -0.4 is 15.8 Å². The number of likely N-dealkylation sites (tertiary alicyclic amines) is 1. The Morgan fingerprint density at radius 3 is 2.74 bits per heavy atom. The van der Waals surface area contributed by atoms with Crippen LogP contribution >= 0.6 is 0 Å². The number of nitrogens with two attached hydrogens (primary N) is 1. The number of amides is 2. The summed E-state index contributed by atoms with van der Waals surface area (Å²) in [6.07, 6.45) is 2.06. The Morgan fingerprint density at radius 1 is 1.35 bits per heavy atom. The zero-order valence-electron chi connectivity index (χ0n) is 13.6. The van der Waals surface area contributed by atoms with Crippen molar-refractivity contribution in [3.8, 4) is 5.75 Å². The molecule has 2 rings (SSSR count). The summed E-state index contributed by atoms with van der Waals surface area (Å²) >= 11 is 0. The molecule has 1 unspecified atom stereocenters. The fourth-order valence-corrected chi connectivity index (χ4v) is 2.68. The summed E-state index contributed by atoms with van der Waals surface area (Å²) in [7, 11) is 1.62. The second kappa shape index (κ2) is 8.53. The van der Waals surface area contributed by atoms with E-state index in [-0.39, 0.29) is 17.7 Å². The molecule has 0 saturated carbocycles. The van der Waals surface area contributed by atoms with Crippen LogP contribution in [0.3, 0.4) is 0 Å². The molecule has 1 aromatic rings. The van der Waals surface area contributed by atoms with Crippen LogP contribution in [0.2, 0.25) is 0 Å². The third kappa shape index (κ3) is 4.96. The standard InChI is InChI=1S/C17H25N3O3/c1-23-15-6-4-13(5-7-15)11-20-12-14(10-16(20)21)17(22)19-9-3-2-8-18/h4-7,14H,2-3,8-12,18H2,1H3,(H,19,22). The predicted octanol–water partition coefficient (Wildman–Crippen LogP) is 0.899. The Balaban J connectivity index is 1.82. The summed E-state index contributed by atoms with van der Waals surface area (Å²) in [6.45, 7) is 2.26. The number of hydrogen-bond acceptors (Lipinski definition) is 4. The van der Waals surface area contributed by atoms with Gasteiger partial charge in [0.15, 0.2) is 0 Å². The number of benzene rings is 1. The molecular weight excluding hydrogens is 294 g/mol. The number of methoxy groups -OCH3 is 1. The molecule has 2 amide bonds. The van der Waals surface area contributed by atoms with Crippen LogP contribution in [0.15, 0.2) is 24.3 Å². The maximum absolute atomic E-state index is 12.1. The SMILES string of the molecule is COc1ccc(CN2CC(C(=O)NCCCCN)CC2=O)cc1. The molecule has 126 valence electrons. The van der Waals surface area contributed by atoms with Crippen LogP contribution in [0.25, 0.3) is 0 Å². The van der Waals surface area contributed by atoms with Gasteiger partial charge in [-0.25, -0.2) is 0 Å². The van der Waals surface area contributed by atoms with E-state index in [4.69, 9.17) is 10.5 Å². The van der Waals surface area contributed by atoms with Crippen LogP contribution in [0, 0.1) is 5.92 Å². The van der Waals surface area contributed by atoms with Crippen LogP contribution in [-0.2, 0) is 16.1 Å². The topological polar surface area (TPSA) is 84.7 Å². The Hall–Kier alpha value is -2.08. The Morgan fingerprint density at radius 2 is 2.09 bits per heavy atom. The number of nitrogens with one attached hydrogen (secondary N) is 1. The van der Waals surface area contributed by atoms with E-state index in [0.717, 1.165) is 24.2 Å². The molecule has 6 nitrogen and oxygen atoms in total. The predicted molar refractivity (Wildman–Crippen MR) is 87.8 cm³/mol. The van der Waals surface area contributed by atoms with E-state index in [1.54, 1.807) is 12.0 Å². The number of carbonyl (C=O) groups is 2. The quantitative estimate of drug-likeness (QED) is 0.697. The molecule has 3 N–H and O–H groups in total. The molecule has 1 saturated heterocycles. The van der Waals surface area contributed by atoms with Gasteiger partial charge in [-0.05, 0) is 37.1 Å². The van der Waals surface area contributed by atoms with E-state index < -0.39 is 0 Å². The number of rotatable bonds is 8. The van der Waals surface area contributed by atoms with Crippen molar-refractivity contribution >= 4 is 11.8 Å². The van der Waals surface area contributed by atoms with Gasteiger partial charge in [0.05, 0.1) is 13.0 Å². The Bertz CT molecular complexity index is 530. The van der Waals surface area contributed by atoms with Crippen molar-refractivity contribution in [3.63, 3.8) is 0 Å². The third-order valence-electron chi connectivity index (χ3n) is 4.05. The first kappa shape index (κ1) is 17.3. The average molecular weight is 319 g/mol. The van der Waals surface area contributed by atoms with E-state index in [1.165, 1.54) is 0 Å². The fourth-order valence-electron chi connectivity index (χ4n) is 2.68. The van der Waals surface area contributed by atoms with E-state index in [0.29, 0.717) is 32.6 Å². The van der Waals surface area contributed by atoms with Gasteiger partial charge in [-0.2, -0.15) is 0 Å². The lowest BCUT2D eigenvalue weighted by molar-refractivity contribution is -0.129. The molecule has 0 bridgehead atoms. The van der Waals surface area contributed by atoms with Crippen molar-refractivity contribution in [2.24, 2.45) is 11.7 Å². The summed E-state index contributed by atoms with van der Waals surface area (Å²) in [5.74, 6) is 0.533. The second-order valence-corrected chi connectivity index (χ2v) is 5.81. The average Bonchev–Trinajstić information content (AvgIpc) is 2.93. The van der Waals surface area contributed by atoms with Gasteiger partial charge in [0.25, 0.3) is 0 Å². The minimum Gasteiger partial charge on any atom is -0.497 e. The van der Waals surface area contributed by atoms with Crippen molar-refractivity contribution in [1.82, 2.24) is 10.2 Å². The van der Waals surface area contributed by atoms with Gasteiger partial charge in [0.1, 0.15) is 5.75 Å². The number of hydrogen-bond donors (Lipinski definition) is 2. The molecule has 1 atom stereocenters. The number of ether oxygens (including phenoxy) is 1. The summed E-state index contributed by atoms with van der Waals surface area (Å²) in [5.41, 5.74) is 6.45. The molecule has 1 aliphatic heterocycles. The molecule has 23 heavy (non-hydrogen) atoms. The van der Waals surface area contributed by atoms with Gasteiger partial charge in [-0.15, -0.1) is 0 Å². The summed E-state index contributed by atoms with van der Waals surface area (Å²) in [4.78, 5) is 25.9. The van der Waals surface area contributed by atoms with E-state index in [1.807, 2.05) is 24.3 Å². The molecule has 1 aliphatic rings. The molecule has 6 heteroatoms. The lowest BCUT2D eigenvalue weighted by atomic mass is 10.1. The Kier molecular flexibility index (Phi) is 6.40. The van der Waals surface area contributed by atoms with Crippen molar-refractivity contribution in [3.05, 3.63) is 29.8 Å². The van der Waals surface area contributed by atoms with Crippen molar-refractivity contribution in [2.75, 3.05) is 26.7 Å². The lowest BCUT2D eigenvalue weighted by Gasteiger charge is -2.17. The van der Waals surface area contributed by atoms with E-state index in [9.17, 15) is 9.59 Å². The smallest absolute Gasteiger partial charge is 0.225 e. The fraction of sp³-hybridized carbons (Fsp3) is 0.529. The highest BCUT2D eigenvalue weighted by atomic mass is 16.5. The largest absolute Gasteiger partial charge is 0.497 e. The highest BCUT2D eigenvalue weighted by molar-refractivity contribution is 5.89. The third-order valence-corrected chi connectivity index (χ3v) is 4.05. The molecule has 0 radical (unpaired) electrons. The lowest BCUT2D eigenvalue weighted by Crippen LogP contribution is -2.33. The first-order chi connectivity index (χ1) is 11.1. The van der Waals surface area contributed by atoms with Crippen molar-refractivity contribution in [1.29, 1.82) is 0 Å². The van der Waals surface area contributed by atoms with Gasteiger partial charge in [0, 0.05) is 26.1 Å². The summed E-state index contributed by atoms with van der Waals surface area (Å²) in [5, 5.41) is 2.89. The van der Waals surface area contributed by atoms with Crippen molar-refractivity contribution in [2.45, 2.75) is 25.8 Å². The van der Waals surface area contributed by atoms with Gasteiger partial charge >= 0.3 is 0 Å². The molecule has 1 aromatic carbocycles. The van der Waals surface area contributed by atoms with Gasteiger partial charge in [-0.3, -0.25) is 9.59 Å². The second-order valence-electron chi connectivity index (χ2n) is 5.81. The van der Waals surface area contributed by atoms with Gasteiger partial charge in [-0.1, -0.05) is 12.1 Å². The highest BCUT2D eigenvalue weighted by Crippen LogP contribution is 2.21. The number of unbranched alkanes of at least 4 members (excludes halogenated alkanes) is 1. The Labute approximate surface area is 137 Å². The molecule has 0 aliphatic carbocycles. The van der Waals surface area contributed by atoms with Crippen LogP contribution in [0.1, 0.15) is 24.8 Å². The van der Waals surface area contributed by atoms with Crippen LogP contribution in [0.4, 0.5) is 0 Å². The molecule has 1 fully saturated rings. The molecule has 0 spiro atoms. The van der Waals surface area contributed by atoms with E-state index in [2.05, 4.69) is 5.32 Å². The maximum Gasteiger partial charge on any atom is 0.225 e. The van der Waals surface area contributed by atoms with Crippen LogP contribution in [-0.4, -0.2) is 43.5 Å². The first-order valence-electron chi connectivity index (χ1n) is 8.02. The first-order valence-corrected chi connectivity index (χ1v) is 8.02. The molecule has 1 heterocycles. The summed E-state index contributed by atoms with van der Waals surface area (Å²) < 4.78 is 5.12. The number of nitrogens with zero attached hydrogens (tertiary/aromatic N) is 1. The van der Waals surface area contributed by atoms with Gasteiger partial charge in [0.2, 0.25) is 11.8 Å². The monoisotopic (exact) mass is 319 g/mol. The summed E-state index contributed by atoms with van der Waals surface area (Å²) in [6, 6.07) is 7.62. The zero-order valence-corrected chi connectivity index (χ0v) is 13.6. The van der Waals surface area contributed by atoms with Crippen molar-refractivity contribution < 1.29 is 14.3 Å². The minimum absolute atomic E-state index is 0.0305. The number of carbonyl (C=O) groups excluding carboxylic acids is 2. The maximum atomic E-state index is 12.1. The van der Waals surface area contributed by atoms with Crippen LogP contribution in [0.5, 0.6) is 5.75 Å². The molecular formula is C17H25N3O3. The van der Waals surface area contributed by atoms with Gasteiger partial charge < -0.3 is 20.7 Å². The highest BCUT2D eigenvalue weighted by Gasteiger charge is 2.33. The zero-order chi connectivity index (χ0) is 16.7. The molecule has 0 aromatic heterocycles. The van der Waals surface area contributed by atoms with E-state index >= 15 is 0 Å². The normalized spacial score (nSPS) is 17.4. The minimum atomic E-state index is -0.251.